The van der Waals surface area contributed by atoms with Gasteiger partial charge in [0.1, 0.15) is 6.61 Å². The monoisotopic (exact) mass is 690 g/mol. The smallest absolute Gasteiger partial charge is 0.310 e. The Morgan fingerprint density at radius 1 is 1.10 bits per heavy atom. The predicted octanol–water partition coefficient (Wildman–Crippen LogP) is 4.11. The van der Waals surface area contributed by atoms with Gasteiger partial charge < -0.3 is 30.1 Å². The lowest BCUT2D eigenvalue weighted by atomic mass is 9.96. The van der Waals surface area contributed by atoms with Crippen LogP contribution in [0.3, 0.4) is 0 Å². The molecule has 1 heterocycles. The molecule has 14 heteroatoms. The average molecular weight is 691 g/mol. The van der Waals surface area contributed by atoms with Crippen LogP contribution in [0, 0.1) is 19.8 Å². The van der Waals surface area contributed by atoms with Crippen LogP contribution >= 0.6 is 0 Å². The van der Waals surface area contributed by atoms with Gasteiger partial charge in [0.2, 0.25) is 11.8 Å². The van der Waals surface area contributed by atoms with Crippen molar-refractivity contribution in [2.75, 3.05) is 38.2 Å². The molecule has 0 saturated carbocycles. The summed E-state index contributed by atoms with van der Waals surface area (Å²) in [5, 5.41) is 18.5. The van der Waals surface area contributed by atoms with Crippen LogP contribution in [-0.4, -0.2) is 84.5 Å². The molecule has 14 nitrogen and oxygen atoms in total. The lowest BCUT2D eigenvalue weighted by Gasteiger charge is -2.24. The Hall–Kier alpha value is -5.04. The lowest BCUT2D eigenvalue weighted by molar-refractivity contribution is -0.144. The largest absolute Gasteiger partial charge is 0.461 e. The number of ether oxygens (including phenoxy) is 2. The number of aliphatic hydroxyl groups is 1. The van der Waals surface area contributed by atoms with Crippen LogP contribution in [0.25, 0.3) is 10.4 Å². The number of carbonyl (C=O) groups is 5. The van der Waals surface area contributed by atoms with Crippen LogP contribution < -0.4 is 10.6 Å². The molecule has 50 heavy (non-hydrogen) atoms. The summed E-state index contributed by atoms with van der Waals surface area (Å²) in [5.74, 6) is -2.47. The molecule has 3 amide bonds. The van der Waals surface area contributed by atoms with Gasteiger partial charge >= 0.3 is 5.97 Å². The van der Waals surface area contributed by atoms with E-state index in [4.69, 9.17) is 15.0 Å². The molecule has 3 N–H and O–H groups in total. The maximum atomic E-state index is 13.5. The molecular formula is C36H46N6O8. The number of hydrogen-bond acceptors (Lipinski definition) is 9. The number of likely N-dealkylation sites (tertiary alicyclic amines) is 1. The van der Waals surface area contributed by atoms with Crippen molar-refractivity contribution in [1.82, 2.24) is 10.2 Å². The summed E-state index contributed by atoms with van der Waals surface area (Å²) in [5.41, 5.74) is 13.1. The van der Waals surface area contributed by atoms with Gasteiger partial charge in [-0.2, -0.15) is 0 Å². The molecule has 1 saturated heterocycles. The molecule has 3 rings (SSSR count). The molecular weight excluding hydrogens is 644 g/mol. The van der Waals surface area contributed by atoms with Crippen molar-refractivity contribution in [3.63, 3.8) is 0 Å². The van der Waals surface area contributed by atoms with Crippen LogP contribution in [-0.2, 0) is 41.7 Å². The number of aliphatic hydroxyl groups excluding tert-OH is 1. The number of esters is 1. The van der Waals surface area contributed by atoms with Crippen molar-refractivity contribution in [2.45, 2.75) is 72.1 Å². The Morgan fingerprint density at radius 3 is 2.48 bits per heavy atom. The molecule has 0 spiro atoms. The highest BCUT2D eigenvalue weighted by Gasteiger charge is 2.32. The number of azide groups is 1. The summed E-state index contributed by atoms with van der Waals surface area (Å²) in [6.07, 6.45) is 0.388. The first kappa shape index (κ1) is 39.4. The Balaban J connectivity index is 1.47. The zero-order valence-corrected chi connectivity index (χ0v) is 29.1. The molecule has 0 aromatic heterocycles. The van der Waals surface area contributed by atoms with E-state index in [0.29, 0.717) is 35.3 Å². The number of hydrogen-bond donors (Lipinski definition) is 3. The van der Waals surface area contributed by atoms with Crippen molar-refractivity contribution in [3.05, 3.63) is 86.8 Å². The summed E-state index contributed by atoms with van der Waals surface area (Å²) in [4.78, 5) is 68.0. The molecule has 2 aromatic rings. The SMILES string of the molecule is C=C1C[C@@H](CO)N(C(=O)c2cc(C)c(C)cc2CC(=O)OCc2ccc(NC(=O)[C@H](C)CC(=O)[C@H](C)NC(=O)CCOCCN=[N+]=[N-])cc2)C1. The van der Waals surface area contributed by atoms with E-state index in [-0.39, 0.29) is 81.8 Å². The van der Waals surface area contributed by atoms with Crippen molar-refractivity contribution in [3.8, 4) is 0 Å². The fourth-order valence-electron chi connectivity index (χ4n) is 5.36. The molecule has 1 fully saturated rings. The van der Waals surface area contributed by atoms with Gasteiger partial charge in [-0.05, 0) is 73.2 Å². The van der Waals surface area contributed by atoms with E-state index >= 15 is 0 Å². The van der Waals surface area contributed by atoms with E-state index < -0.39 is 17.9 Å². The van der Waals surface area contributed by atoms with Gasteiger partial charge in [0.15, 0.2) is 5.78 Å². The topological polar surface area (TPSA) is 200 Å². The van der Waals surface area contributed by atoms with Crippen molar-refractivity contribution >= 4 is 35.2 Å². The average Bonchev–Trinajstić information content (AvgIpc) is 3.47. The second-order valence-corrected chi connectivity index (χ2v) is 12.5. The van der Waals surface area contributed by atoms with Crippen LogP contribution in [0.5, 0.6) is 0 Å². The zero-order chi connectivity index (χ0) is 36.8. The number of anilines is 1. The molecule has 0 bridgehead atoms. The van der Waals surface area contributed by atoms with Crippen LogP contribution in [0.15, 0.2) is 53.7 Å². The third-order valence-corrected chi connectivity index (χ3v) is 8.42. The molecule has 0 aliphatic carbocycles. The Morgan fingerprint density at radius 2 is 1.80 bits per heavy atom. The molecule has 0 radical (unpaired) electrons. The molecule has 1 aliphatic heterocycles. The predicted molar refractivity (Wildman–Crippen MR) is 186 cm³/mol. The molecule has 2 aromatic carbocycles. The Labute approximate surface area is 291 Å². The quantitative estimate of drug-likeness (QED) is 0.0518. The van der Waals surface area contributed by atoms with Crippen LogP contribution in [0.4, 0.5) is 5.69 Å². The molecule has 0 unspecified atom stereocenters. The standard InChI is InChI=1S/C36H46N6O8/c1-22-14-30(20-43)42(19-22)36(48)31-16-24(3)23(2)15-28(31)18-34(46)50-21-27-6-8-29(9-7-27)40-35(47)25(4)17-32(44)26(5)39-33(45)10-12-49-13-11-38-41-37/h6-9,15-16,25-26,30,43H,1,10-14,17-21H2,2-5H3,(H,39,45)(H,40,47)/t25-,26+,30+/m1/s1. The summed E-state index contributed by atoms with van der Waals surface area (Å²) in [7, 11) is 0. The summed E-state index contributed by atoms with van der Waals surface area (Å²) < 4.78 is 10.7. The van der Waals surface area contributed by atoms with Gasteiger partial charge in [-0.25, -0.2) is 0 Å². The van der Waals surface area contributed by atoms with Crippen molar-refractivity contribution in [2.24, 2.45) is 11.0 Å². The maximum absolute atomic E-state index is 13.5. The van der Waals surface area contributed by atoms with Gasteiger partial charge in [0, 0.05) is 48.0 Å². The minimum Gasteiger partial charge on any atom is -0.461 e. The second kappa shape index (κ2) is 19.2. The number of benzene rings is 2. The minimum atomic E-state index is -0.783. The molecule has 1 aliphatic rings. The number of nitrogens with one attached hydrogen (secondary N) is 2. The zero-order valence-electron chi connectivity index (χ0n) is 29.1. The summed E-state index contributed by atoms with van der Waals surface area (Å²) in [6, 6.07) is 9.20. The van der Waals surface area contributed by atoms with E-state index in [0.717, 1.165) is 16.7 Å². The van der Waals surface area contributed by atoms with Gasteiger partial charge in [0.25, 0.3) is 5.91 Å². The number of ketones is 1. The van der Waals surface area contributed by atoms with E-state index in [2.05, 4.69) is 27.2 Å². The number of rotatable bonds is 18. The van der Waals surface area contributed by atoms with Gasteiger partial charge in [0.05, 0.1) is 38.3 Å². The fourth-order valence-corrected chi connectivity index (χ4v) is 5.36. The first-order valence-corrected chi connectivity index (χ1v) is 16.5. The number of carbonyl (C=O) groups excluding carboxylic acids is 5. The van der Waals surface area contributed by atoms with Gasteiger partial charge in [-0.3, -0.25) is 24.0 Å². The van der Waals surface area contributed by atoms with Gasteiger partial charge in [-0.1, -0.05) is 42.4 Å². The first-order valence-electron chi connectivity index (χ1n) is 16.5. The highest BCUT2D eigenvalue weighted by molar-refractivity contribution is 5.98. The molecule has 268 valence electrons. The van der Waals surface area contributed by atoms with E-state index in [1.165, 1.54) is 0 Å². The minimum absolute atomic E-state index is 0.0178. The van der Waals surface area contributed by atoms with Crippen LogP contribution in [0.1, 0.15) is 65.7 Å². The number of Topliss-reactive ketones (excluding diaryl/α,β-unsaturated/α-hetero) is 1. The highest BCUT2D eigenvalue weighted by Crippen LogP contribution is 2.26. The summed E-state index contributed by atoms with van der Waals surface area (Å²) in [6.45, 7) is 11.6. The first-order chi connectivity index (χ1) is 23.8. The Bertz CT molecular complexity index is 1620. The lowest BCUT2D eigenvalue weighted by Crippen LogP contribution is -2.40. The highest BCUT2D eigenvalue weighted by atomic mass is 16.5. The Kier molecular flexibility index (Phi) is 15.1. The van der Waals surface area contributed by atoms with Gasteiger partial charge in [-0.15, -0.1) is 0 Å². The number of amides is 3. The third kappa shape index (κ3) is 11.8. The summed E-state index contributed by atoms with van der Waals surface area (Å²) >= 11 is 0. The van der Waals surface area contributed by atoms with E-state index in [9.17, 15) is 29.1 Å². The third-order valence-electron chi connectivity index (χ3n) is 8.42. The van der Waals surface area contributed by atoms with E-state index in [1.807, 2.05) is 19.9 Å². The fraction of sp³-hybridized carbons (Fsp3) is 0.472. The van der Waals surface area contributed by atoms with Crippen LogP contribution in [0.2, 0.25) is 0 Å². The second-order valence-electron chi connectivity index (χ2n) is 12.5. The molecule has 3 atom stereocenters. The van der Waals surface area contributed by atoms with E-state index in [1.54, 1.807) is 49.1 Å². The maximum Gasteiger partial charge on any atom is 0.310 e. The normalized spacial score (nSPS) is 15.1. The van der Waals surface area contributed by atoms with Crippen molar-refractivity contribution < 1.29 is 38.6 Å². The number of nitrogens with zero attached hydrogens (tertiary/aromatic N) is 4. The van der Waals surface area contributed by atoms with Crippen molar-refractivity contribution in [1.29, 1.82) is 0 Å². The number of aryl methyl sites for hydroxylation is 2.